The molecule has 2 saturated heterocycles. The van der Waals surface area contributed by atoms with Crippen LogP contribution in [0.5, 0.6) is 0 Å². The molecule has 0 N–H and O–H groups in total. The van der Waals surface area contributed by atoms with E-state index >= 15 is 0 Å². The van der Waals surface area contributed by atoms with Crippen LogP contribution < -0.4 is 0 Å². The van der Waals surface area contributed by atoms with Gasteiger partial charge in [-0.05, 0) is 0 Å². The standard InChI is InChI=1S/C8H18N3OP/c1-3-9(4-2)13(12,10-5-6-10)11-7-8-11/h3-8H2,1-2H3. The molecule has 2 heterocycles. The van der Waals surface area contributed by atoms with Crippen molar-refractivity contribution in [3.63, 3.8) is 0 Å². The van der Waals surface area contributed by atoms with Gasteiger partial charge in [-0.15, -0.1) is 0 Å². The maximum absolute atomic E-state index is 12.7. The maximum atomic E-state index is 12.7. The molecule has 4 nitrogen and oxygen atoms in total. The van der Waals surface area contributed by atoms with Gasteiger partial charge in [-0.2, -0.15) is 0 Å². The fourth-order valence-corrected chi connectivity index (χ4v) is 4.77. The van der Waals surface area contributed by atoms with Gasteiger partial charge in [0, 0.05) is 39.3 Å². The minimum atomic E-state index is -2.25. The molecule has 2 aliphatic heterocycles. The highest BCUT2D eigenvalue weighted by molar-refractivity contribution is 7.57. The van der Waals surface area contributed by atoms with Crippen LogP contribution >= 0.6 is 7.59 Å². The molecule has 0 aromatic rings. The molecule has 13 heavy (non-hydrogen) atoms. The van der Waals surface area contributed by atoms with Crippen LogP contribution in [0.25, 0.3) is 0 Å². The fraction of sp³-hybridized carbons (Fsp3) is 1.00. The van der Waals surface area contributed by atoms with E-state index in [1.807, 2.05) is 0 Å². The molecule has 0 aliphatic carbocycles. The predicted octanol–water partition coefficient (Wildman–Crippen LogP) is 1.07. The first-order valence-corrected chi connectivity index (χ1v) is 6.66. The average molecular weight is 203 g/mol. The first-order chi connectivity index (χ1) is 6.23. The lowest BCUT2D eigenvalue weighted by atomic mass is 10.7. The van der Waals surface area contributed by atoms with Crippen molar-refractivity contribution in [1.29, 1.82) is 0 Å². The number of hydrogen-bond donors (Lipinski definition) is 0. The van der Waals surface area contributed by atoms with Gasteiger partial charge < -0.3 is 0 Å². The largest absolute Gasteiger partial charge is 0.287 e. The van der Waals surface area contributed by atoms with Gasteiger partial charge >= 0.3 is 0 Å². The second-order valence-corrected chi connectivity index (χ2v) is 6.28. The predicted molar refractivity (Wildman–Crippen MR) is 53.7 cm³/mol. The Labute approximate surface area is 80.0 Å². The van der Waals surface area contributed by atoms with Crippen molar-refractivity contribution in [3.8, 4) is 0 Å². The van der Waals surface area contributed by atoms with Crippen molar-refractivity contribution in [3.05, 3.63) is 0 Å². The van der Waals surface area contributed by atoms with Crippen LogP contribution in [0.2, 0.25) is 0 Å². The molecule has 5 heteroatoms. The zero-order valence-corrected chi connectivity index (χ0v) is 9.33. The summed E-state index contributed by atoms with van der Waals surface area (Å²) in [5, 5.41) is 0. The van der Waals surface area contributed by atoms with Crippen molar-refractivity contribution >= 4 is 7.59 Å². The first-order valence-electron chi connectivity index (χ1n) is 5.09. The fourth-order valence-electron chi connectivity index (χ4n) is 1.74. The van der Waals surface area contributed by atoms with Crippen molar-refractivity contribution in [2.45, 2.75) is 13.8 Å². The Bertz CT molecular complexity index is 218. The molecule has 0 aromatic heterocycles. The normalized spacial score (nSPS) is 23.9. The molecule has 2 rings (SSSR count). The Balaban J connectivity index is 2.15. The second kappa shape index (κ2) is 3.35. The summed E-state index contributed by atoms with van der Waals surface area (Å²) in [4.78, 5) is 0. The topological polar surface area (TPSA) is 26.3 Å². The molecule has 0 amide bonds. The number of nitrogens with zero attached hydrogens (tertiary/aromatic N) is 3. The maximum Gasteiger partial charge on any atom is 0.287 e. The smallest absolute Gasteiger partial charge is 0.270 e. The third-order valence-electron chi connectivity index (χ3n) is 2.68. The zero-order chi connectivity index (χ0) is 9.47. The van der Waals surface area contributed by atoms with Crippen molar-refractivity contribution in [1.82, 2.24) is 14.0 Å². The second-order valence-electron chi connectivity index (χ2n) is 3.56. The molecular weight excluding hydrogens is 185 g/mol. The number of hydrogen-bond acceptors (Lipinski definition) is 1. The van der Waals surface area contributed by atoms with Gasteiger partial charge in [0.2, 0.25) is 0 Å². The van der Waals surface area contributed by atoms with Crippen LogP contribution in [0.3, 0.4) is 0 Å². The van der Waals surface area contributed by atoms with E-state index in [2.05, 4.69) is 27.9 Å². The molecule has 0 aromatic carbocycles. The summed E-state index contributed by atoms with van der Waals surface area (Å²) in [6, 6.07) is 0. The third-order valence-corrected chi connectivity index (χ3v) is 6.26. The molecule has 2 fully saturated rings. The molecule has 0 bridgehead atoms. The third kappa shape index (κ3) is 1.57. The van der Waals surface area contributed by atoms with E-state index in [1.165, 1.54) is 0 Å². The minimum absolute atomic E-state index is 0.890. The zero-order valence-electron chi connectivity index (χ0n) is 8.44. The molecule has 76 valence electrons. The van der Waals surface area contributed by atoms with Crippen LogP contribution in [-0.2, 0) is 4.57 Å². The summed E-state index contributed by atoms with van der Waals surface area (Å²) in [6.07, 6.45) is 0. The van der Waals surface area contributed by atoms with Gasteiger partial charge in [-0.25, -0.2) is 14.0 Å². The van der Waals surface area contributed by atoms with Gasteiger partial charge in [-0.3, -0.25) is 4.57 Å². The highest BCUT2D eigenvalue weighted by Crippen LogP contribution is 2.62. The van der Waals surface area contributed by atoms with E-state index in [-0.39, 0.29) is 0 Å². The Kier molecular flexibility index (Phi) is 2.49. The highest BCUT2D eigenvalue weighted by atomic mass is 31.2. The summed E-state index contributed by atoms with van der Waals surface area (Å²) >= 11 is 0. The lowest BCUT2D eigenvalue weighted by molar-refractivity contribution is 0.388. The van der Waals surface area contributed by atoms with Crippen LogP contribution in [0.4, 0.5) is 0 Å². The molecule has 0 spiro atoms. The van der Waals surface area contributed by atoms with E-state index in [1.54, 1.807) is 0 Å². The van der Waals surface area contributed by atoms with E-state index < -0.39 is 7.59 Å². The summed E-state index contributed by atoms with van der Waals surface area (Å²) < 4.78 is 19.0. The Morgan fingerprint density at radius 1 is 1.08 bits per heavy atom. The van der Waals surface area contributed by atoms with Crippen molar-refractivity contribution in [2.75, 3.05) is 39.3 Å². The summed E-state index contributed by atoms with van der Waals surface area (Å²) in [5.41, 5.74) is 0. The van der Waals surface area contributed by atoms with Crippen LogP contribution in [0, 0.1) is 0 Å². The minimum Gasteiger partial charge on any atom is -0.270 e. The summed E-state index contributed by atoms with van der Waals surface area (Å²) in [6.45, 7) is 10.0. The van der Waals surface area contributed by atoms with E-state index in [0.29, 0.717) is 0 Å². The Morgan fingerprint density at radius 3 is 1.69 bits per heavy atom. The van der Waals surface area contributed by atoms with Gasteiger partial charge in [-0.1, -0.05) is 13.8 Å². The molecule has 0 unspecified atom stereocenters. The van der Waals surface area contributed by atoms with E-state index in [9.17, 15) is 4.57 Å². The molecule has 0 radical (unpaired) electrons. The highest BCUT2D eigenvalue weighted by Gasteiger charge is 2.50. The summed E-state index contributed by atoms with van der Waals surface area (Å²) in [7, 11) is -2.25. The van der Waals surface area contributed by atoms with Crippen LogP contribution in [0.15, 0.2) is 0 Å². The molecule has 0 atom stereocenters. The average Bonchev–Trinajstić information content (AvgIpc) is 2.98. The monoisotopic (exact) mass is 203 g/mol. The lowest BCUT2D eigenvalue weighted by Gasteiger charge is -2.30. The van der Waals surface area contributed by atoms with Crippen molar-refractivity contribution < 1.29 is 4.57 Å². The van der Waals surface area contributed by atoms with Gasteiger partial charge in [0.15, 0.2) is 0 Å². The first kappa shape index (κ1) is 9.66. The molecule has 0 saturated carbocycles. The van der Waals surface area contributed by atoms with Gasteiger partial charge in [0.05, 0.1) is 0 Å². The van der Waals surface area contributed by atoms with Gasteiger partial charge in [0.25, 0.3) is 7.59 Å². The van der Waals surface area contributed by atoms with E-state index in [4.69, 9.17) is 0 Å². The van der Waals surface area contributed by atoms with Gasteiger partial charge in [0.1, 0.15) is 0 Å². The lowest BCUT2D eigenvalue weighted by Crippen LogP contribution is -2.27. The molecular formula is C8H18N3OP. The Hall–Kier alpha value is 0.110. The molecule has 2 aliphatic rings. The number of rotatable bonds is 5. The van der Waals surface area contributed by atoms with Crippen LogP contribution in [0.1, 0.15) is 13.8 Å². The van der Waals surface area contributed by atoms with Crippen LogP contribution in [-0.4, -0.2) is 53.3 Å². The Morgan fingerprint density at radius 2 is 1.46 bits per heavy atom. The summed E-state index contributed by atoms with van der Waals surface area (Å²) in [5.74, 6) is 0. The van der Waals surface area contributed by atoms with E-state index in [0.717, 1.165) is 39.3 Å². The SMILES string of the molecule is CCN(CC)P(=O)(N1CC1)N1CC1. The van der Waals surface area contributed by atoms with Crippen molar-refractivity contribution in [2.24, 2.45) is 0 Å². The quantitative estimate of drug-likeness (QED) is 0.493.